The highest BCUT2D eigenvalue weighted by atomic mass is 32.2. The lowest BCUT2D eigenvalue weighted by Crippen LogP contribution is -2.41. The number of hydrogen-bond donors (Lipinski definition) is 2. The number of amides is 1. The van der Waals surface area contributed by atoms with Crippen molar-refractivity contribution in [2.24, 2.45) is 0 Å². The van der Waals surface area contributed by atoms with Gasteiger partial charge in [0.25, 0.3) is 0 Å². The van der Waals surface area contributed by atoms with E-state index in [1.807, 2.05) is 61.0 Å². The van der Waals surface area contributed by atoms with Crippen LogP contribution < -0.4 is 10.7 Å². The molecule has 4 rings (SSSR count). The summed E-state index contributed by atoms with van der Waals surface area (Å²) in [6, 6.07) is 16.0. The van der Waals surface area contributed by atoms with E-state index in [1.54, 1.807) is 0 Å². The van der Waals surface area contributed by atoms with Crippen molar-refractivity contribution >= 4 is 23.4 Å². The van der Waals surface area contributed by atoms with E-state index < -0.39 is 0 Å². The molecule has 1 aromatic heterocycles. The number of aromatic nitrogens is 3. The Morgan fingerprint density at radius 3 is 2.55 bits per heavy atom. The van der Waals surface area contributed by atoms with Crippen LogP contribution in [-0.4, -0.2) is 26.0 Å². The maximum absolute atomic E-state index is 13.3. The van der Waals surface area contributed by atoms with Crippen LogP contribution in [0, 0.1) is 13.8 Å². The van der Waals surface area contributed by atoms with Crippen molar-refractivity contribution < 1.29 is 4.79 Å². The molecule has 6 nitrogen and oxygen atoms in total. The molecule has 2 N–H and O–H groups in total. The summed E-state index contributed by atoms with van der Waals surface area (Å²) in [5.41, 5.74) is 7.62. The molecule has 2 heterocycles. The average Bonchev–Trinajstić information content (AvgIpc) is 3.09. The van der Waals surface area contributed by atoms with Gasteiger partial charge in [-0.3, -0.25) is 4.79 Å². The van der Waals surface area contributed by atoms with Crippen molar-refractivity contribution in [2.45, 2.75) is 50.1 Å². The van der Waals surface area contributed by atoms with E-state index in [0.717, 1.165) is 46.2 Å². The number of nitrogens with zero attached hydrogens (tertiary/aromatic N) is 3. The highest BCUT2D eigenvalue weighted by Gasteiger charge is 2.37. The van der Waals surface area contributed by atoms with E-state index in [0.29, 0.717) is 0 Å². The second-order valence-electron chi connectivity index (χ2n) is 7.41. The number of nitrogens with one attached hydrogen (secondary N) is 2. The number of benzene rings is 2. The number of anilines is 1. The van der Waals surface area contributed by atoms with Gasteiger partial charge in [0.05, 0.1) is 6.04 Å². The van der Waals surface area contributed by atoms with Crippen LogP contribution in [0.5, 0.6) is 0 Å². The van der Waals surface area contributed by atoms with Gasteiger partial charge in [-0.15, -0.1) is 10.2 Å². The van der Waals surface area contributed by atoms with Crippen molar-refractivity contribution in [3.63, 3.8) is 0 Å². The largest absolute Gasteiger partial charge is 0.325 e. The Morgan fingerprint density at radius 2 is 1.86 bits per heavy atom. The molecule has 0 saturated heterocycles. The predicted octanol–water partition coefficient (Wildman–Crippen LogP) is 4.25. The smallest absolute Gasteiger partial charge is 0.240 e. The fourth-order valence-corrected chi connectivity index (χ4v) is 4.75. The van der Waals surface area contributed by atoms with Crippen LogP contribution in [0.25, 0.3) is 0 Å². The van der Waals surface area contributed by atoms with Gasteiger partial charge in [-0.2, -0.15) is 0 Å². The standard InChI is InChI=1S/C22H25N5OS/c1-4-8-18-24-25-22-27(18)26-19(16-9-6-5-7-10-16)20(29-22)21(28)23-17-12-14(2)11-15(3)13-17/h5-7,9-13,19-20,26H,4,8H2,1-3H3,(H,23,28). The second kappa shape index (κ2) is 8.29. The molecule has 2 unspecified atom stereocenters. The molecule has 1 amide bonds. The first-order chi connectivity index (χ1) is 14.0. The number of carbonyl (C=O) groups is 1. The Balaban J connectivity index is 1.66. The zero-order chi connectivity index (χ0) is 20.4. The minimum absolute atomic E-state index is 0.0485. The molecule has 0 radical (unpaired) electrons. The molecule has 7 heteroatoms. The molecule has 1 aliphatic rings. The van der Waals surface area contributed by atoms with E-state index in [1.165, 1.54) is 11.8 Å². The lowest BCUT2D eigenvalue weighted by molar-refractivity contribution is -0.116. The molecule has 0 fully saturated rings. The van der Waals surface area contributed by atoms with Crippen LogP contribution in [0.3, 0.4) is 0 Å². The monoisotopic (exact) mass is 407 g/mol. The van der Waals surface area contributed by atoms with Gasteiger partial charge in [-0.25, -0.2) is 4.68 Å². The van der Waals surface area contributed by atoms with Crippen molar-refractivity contribution in [1.29, 1.82) is 0 Å². The van der Waals surface area contributed by atoms with Crippen LogP contribution >= 0.6 is 11.8 Å². The highest BCUT2D eigenvalue weighted by molar-refractivity contribution is 8.00. The van der Waals surface area contributed by atoms with Crippen molar-refractivity contribution in [1.82, 2.24) is 14.9 Å². The third-order valence-electron chi connectivity index (χ3n) is 4.88. The van der Waals surface area contributed by atoms with Crippen molar-refractivity contribution in [3.05, 3.63) is 71.0 Å². The molecule has 0 spiro atoms. The number of thioether (sulfide) groups is 1. The van der Waals surface area contributed by atoms with Crippen LogP contribution in [0.1, 0.15) is 41.9 Å². The molecule has 0 aliphatic carbocycles. The molecule has 2 atom stereocenters. The fourth-order valence-electron chi connectivity index (χ4n) is 3.65. The van der Waals surface area contributed by atoms with Crippen LogP contribution in [-0.2, 0) is 11.2 Å². The quantitative estimate of drug-likeness (QED) is 0.662. The van der Waals surface area contributed by atoms with E-state index in [9.17, 15) is 4.79 Å². The lowest BCUT2D eigenvalue weighted by Gasteiger charge is -2.33. The zero-order valence-corrected chi connectivity index (χ0v) is 17.7. The van der Waals surface area contributed by atoms with Gasteiger partial charge < -0.3 is 10.7 Å². The number of carbonyl (C=O) groups excluding carboxylic acids is 1. The molecular formula is C22H25N5OS. The van der Waals surface area contributed by atoms with E-state index >= 15 is 0 Å². The topological polar surface area (TPSA) is 71.8 Å². The number of hydrogen-bond acceptors (Lipinski definition) is 5. The molecular weight excluding hydrogens is 382 g/mol. The molecule has 29 heavy (non-hydrogen) atoms. The molecule has 0 saturated carbocycles. The summed E-state index contributed by atoms with van der Waals surface area (Å²) in [4.78, 5) is 13.3. The van der Waals surface area contributed by atoms with Crippen LogP contribution in [0.4, 0.5) is 5.69 Å². The minimum atomic E-state index is -0.371. The highest BCUT2D eigenvalue weighted by Crippen LogP contribution is 2.37. The maximum atomic E-state index is 13.3. The third-order valence-corrected chi connectivity index (χ3v) is 6.10. The minimum Gasteiger partial charge on any atom is -0.325 e. The number of aryl methyl sites for hydroxylation is 3. The molecule has 3 aromatic rings. The van der Waals surface area contributed by atoms with Crippen LogP contribution in [0.15, 0.2) is 53.7 Å². The molecule has 1 aliphatic heterocycles. The van der Waals surface area contributed by atoms with Gasteiger partial charge in [0, 0.05) is 12.1 Å². The van der Waals surface area contributed by atoms with E-state index in [2.05, 4.69) is 33.9 Å². The van der Waals surface area contributed by atoms with Crippen LogP contribution in [0.2, 0.25) is 0 Å². The van der Waals surface area contributed by atoms with Gasteiger partial charge >= 0.3 is 0 Å². The summed E-state index contributed by atoms with van der Waals surface area (Å²) in [5, 5.41) is 12.1. The fraction of sp³-hybridized carbons (Fsp3) is 0.318. The first-order valence-electron chi connectivity index (χ1n) is 9.86. The average molecular weight is 408 g/mol. The maximum Gasteiger partial charge on any atom is 0.240 e. The SMILES string of the molecule is CCCc1nnc2n1NC(c1ccccc1)C(C(=O)Nc1cc(C)cc(C)c1)S2. The van der Waals surface area contributed by atoms with Gasteiger partial charge in [0.15, 0.2) is 5.82 Å². The van der Waals surface area contributed by atoms with Crippen molar-refractivity contribution in [3.8, 4) is 0 Å². The Kier molecular flexibility index (Phi) is 5.58. The summed E-state index contributed by atoms with van der Waals surface area (Å²) in [7, 11) is 0. The Labute approximate surface area is 175 Å². The molecule has 150 valence electrons. The summed E-state index contributed by atoms with van der Waals surface area (Å²) in [6.07, 6.45) is 1.82. The summed E-state index contributed by atoms with van der Waals surface area (Å²) < 4.78 is 1.94. The molecule has 2 aromatic carbocycles. The number of fused-ring (bicyclic) bond motifs is 1. The summed E-state index contributed by atoms with van der Waals surface area (Å²) in [6.45, 7) is 6.18. The normalized spacial score (nSPS) is 18.0. The second-order valence-corrected chi connectivity index (χ2v) is 8.51. The lowest BCUT2D eigenvalue weighted by atomic mass is 10.0. The summed E-state index contributed by atoms with van der Waals surface area (Å²) in [5.74, 6) is 0.844. The third kappa shape index (κ3) is 4.15. The first-order valence-corrected chi connectivity index (χ1v) is 10.7. The number of rotatable bonds is 5. The van der Waals surface area contributed by atoms with E-state index in [4.69, 9.17) is 0 Å². The van der Waals surface area contributed by atoms with E-state index in [-0.39, 0.29) is 17.2 Å². The summed E-state index contributed by atoms with van der Waals surface area (Å²) >= 11 is 1.46. The van der Waals surface area contributed by atoms with Gasteiger partial charge in [0.1, 0.15) is 5.25 Å². The van der Waals surface area contributed by atoms with Gasteiger partial charge in [0.2, 0.25) is 11.1 Å². The van der Waals surface area contributed by atoms with Gasteiger partial charge in [-0.1, -0.05) is 55.1 Å². The van der Waals surface area contributed by atoms with Gasteiger partial charge in [-0.05, 0) is 49.1 Å². The first kappa shape index (κ1) is 19.5. The van der Waals surface area contributed by atoms with Crippen molar-refractivity contribution in [2.75, 3.05) is 10.7 Å². The Bertz CT molecular complexity index is 997. The predicted molar refractivity (Wildman–Crippen MR) is 117 cm³/mol. The Hall–Kier alpha value is -2.80. The molecule has 0 bridgehead atoms. The zero-order valence-electron chi connectivity index (χ0n) is 16.8. The Morgan fingerprint density at radius 1 is 1.14 bits per heavy atom.